The van der Waals surface area contributed by atoms with Gasteiger partial charge in [-0.05, 0) is 111 Å². The van der Waals surface area contributed by atoms with E-state index in [1.807, 2.05) is 41.3 Å². The molecule has 8 heterocycles. The predicted molar refractivity (Wildman–Crippen MR) is 243 cm³/mol. The van der Waals surface area contributed by atoms with Crippen molar-refractivity contribution in [2.24, 2.45) is 11.3 Å². The Labute approximate surface area is 380 Å². The maximum absolute atomic E-state index is 15.7. The second-order valence-corrected chi connectivity index (χ2v) is 20.8. The standard InChI is InChI=1S/C48H49F2N9O6S/c49-38-11-12-39(55-66(64,65)59-15-1-2-16-59)42(50)41(38)43(61)37-23-52-44-36(37)19-32(22-51-44)30-5-9-35(10-6-30)57-25-47(26-57)27-58(28-47)40(60)24-56-17-13-31(14-18-56)29-3-7-34(8-4-29)54-48-20-33(21-48)45(62)53-46(48)63/h3-12,19,22-23,31,33,54-55H,1-2,13-18,20-21,24-28H2,(H,51,52)(H,53,62,63). The Kier molecular flexibility index (Phi) is 10.3. The highest BCUT2D eigenvalue weighted by atomic mass is 32.2. The molecule has 1 spiro atoms. The number of piperidine rings is 3. The van der Waals surface area contributed by atoms with Gasteiger partial charge in [0.05, 0.1) is 17.8 Å². The van der Waals surface area contributed by atoms with Crippen LogP contribution in [0.1, 0.15) is 65.9 Å². The minimum atomic E-state index is -4.09. The summed E-state index contributed by atoms with van der Waals surface area (Å²) >= 11 is 0. The first-order valence-corrected chi connectivity index (χ1v) is 24.1. The van der Waals surface area contributed by atoms with Crippen LogP contribution < -0.4 is 20.3 Å². The number of amides is 3. The van der Waals surface area contributed by atoms with Crippen LogP contribution in [0.25, 0.3) is 22.2 Å². The number of pyridine rings is 1. The number of anilines is 3. The Morgan fingerprint density at radius 3 is 2.26 bits per heavy atom. The SMILES string of the molecule is O=C(c1c(F)ccc(NS(=O)(=O)N2CCCC2)c1F)c1c[nH]c2ncc(-c3ccc(N4CC5(CN(C(=O)CN6CCC(c7ccc(NC89CC(C8)C(=O)NC9=O)cc7)CC6)C5)C4)cc3)cc12. The fourth-order valence-electron chi connectivity index (χ4n) is 10.9. The van der Waals surface area contributed by atoms with Gasteiger partial charge in [0.1, 0.15) is 17.0 Å². The molecule has 3 amide bonds. The number of fused-ring (bicyclic) bond motifs is 3. The zero-order valence-corrected chi connectivity index (χ0v) is 36.9. The van der Waals surface area contributed by atoms with E-state index in [-0.39, 0.29) is 34.6 Å². The molecule has 3 aromatic carbocycles. The summed E-state index contributed by atoms with van der Waals surface area (Å²) < 4.78 is 59.9. The smallest absolute Gasteiger partial charge is 0.301 e. The monoisotopic (exact) mass is 917 g/mol. The maximum atomic E-state index is 15.7. The first kappa shape index (κ1) is 42.4. The van der Waals surface area contributed by atoms with Gasteiger partial charge in [0.2, 0.25) is 17.6 Å². The van der Waals surface area contributed by atoms with Crippen LogP contribution in [0.5, 0.6) is 0 Å². The number of imide groups is 1. The summed E-state index contributed by atoms with van der Waals surface area (Å²) in [6.07, 6.45) is 7.40. The Balaban J connectivity index is 0.659. The molecular formula is C48H49F2N9O6S. The number of aromatic amines is 1. The third-order valence-corrected chi connectivity index (χ3v) is 16.2. The van der Waals surface area contributed by atoms with Gasteiger partial charge in [-0.3, -0.25) is 34.1 Å². The average Bonchev–Trinajstić information content (AvgIpc) is 3.97. The summed E-state index contributed by atoms with van der Waals surface area (Å²) in [5.74, 6) is -3.26. The van der Waals surface area contributed by atoms with Gasteiger partial charge in [-0.2, -0.15) is 12.7 Å². The van der Waals surface area contributed by atoms with Gasteiger partial charge in [0.25, 0.3) is 5.91 Å². The van der Waals surface area contributed by atoms with Crippen molar-refractivity contribution in [2.75, 3.05) is 73.8 Å². The number of carbonyl (C=O) groups excluding carboxylic acids is 4. The van der Waals surface area contributed by atoms with Gasteiger partial charge in [-0.15, -0.1) is 0 Å². The molecule has 0 atom stereocenters. The van der Waals surface area contributed by atoms with Crippen molar-refractivity contribution in [2.45, 2.75) is 50.0 Å². The number of nitrogens with one attached hydrogen (secondary N) is 4. The summed E-state index contributed by atoms with van der Waals surface area (Å²) in [5.41, 5.74) is 3.08. The topological polar surface area (TPSA) is 180 Å². The Bertz CT molecular complexity index is 2890. The van der Waals surface area contributed by atoms with Gasteiger partial charge in [0.15, 0.2) is 5.82 Å². The largest absolute Gasteiger partial charge is 0.371 e. The number of aromatic nitrogens is 2. The van der Waals surface area contributed by atoms with E-state index >= 15 is 8.78 Å². The molecule has 12 rings (SSSR count). The van der Waals surface area contributed by atoms with Crippen molar-refractivity contribution in [1.29, 1.82) is 0 Å². The quantitative estimate of drug-likeness (QED) is 0.0956. The summed E-state index contributed by atoms with van der Waals surface area (Å²) in [4.78, 5) is 65.3. The molecule has 7 fully saturated rings. The number of likely N-dealkylation sites (tertiary alicyclic amines) is 2. The molecule has 6 saturated heterocycles. The third-order valence-electron chi connectivity index (χ3n) is 14.7. The fourth-order valence-corrected chi connectivity index (χ4v) is 12.2. The van der Waals surface area contributed by atoms with Gasteiger partial charge >= 0.3 is 10.2 Å². The molecular weight excluding hydrogens is 869 g/mol. The van der Waals surface area contributed by atoms with Gasteiger partial charge < -0.3 is 20.1 Å². The second-order valence-electron chi connectivity index (χ2n) is 19.1. The highest BCUT2D eigenvalue weighted by molar-refractivity contribution is 7.90. The van der Waals surface area contributed by atoms with Crippen LogP contribution >= 0.6 is 0 Å². The van der Waals surface area contributed by atoms with Crippen LogP contribution in [0.2, 0.25) is 0 Å². The van der Waals surface area contributed by atoms with Crippen LogP contribution in [0.15, 0.2) is 79.1 Å². The molecule has 0 unspecified atom stereocenters. The molecule has 2 bridgehead atoms. The molecule has 4 N–H and O–H groups in total. The van der Waals surface area contributed by atoms with E-state index in [0.717, 1.165) is 81.2 Å². The Hall–Kier alpha value is -6.24. The molecule has 2 aromatic heterocycles. The van der Waals surface area contributed by atoms with Crippen molar-refractivity contribution in [1.82, 2.24) is 29.4 Å². The number of ketones is 1. The Morgan fingerprint density at radius 2 is 1.56 bits per heavy atom. The van der Waals surface area contributed by atoms with Crippen LogP contribution in [0, 0.1) is 23.0 Å². The Morgan fingerprint density at radius 1 is 0.848 bits per heavy atom. The van der Waals surface area contributed by atoms with Crippen LogP contribution in [0.4, 0.5) is 25.8 Å². The summed E-state index contributed by atoms with van der Waals surface area (Å²) in [5, 5.41) is 6.21. The number of hydrogen-bond acceptors (Lipinski definition) is 10. The normalized spacial score (nSPS) is 23.0. The van der Waals surface area contributed by atoms with Crippen LogP contribution in [0.3, 0.4) is 0 Å². The molecule has 1 aliphatic carbocycles. The van der Waals surface area contributed by atoms with Crippen LogP contribution in [-0.4, -0.2) is 120 Å². The average molecular weight is 918 g/mol. The fraction of sp³-hybridized carbons (Fsp3) is 0.396. The van der Waals surface area contributed by atoms with E-state index in [0.29, 0.717) is 67.8 Å². The number of H-pyrrole nitrogens is 1. The minimum Gasteiger partial charge on any atom is -0.371 e. The van der Waals surface area contributed by atoms with Crippen molar-refractivity contribution < 1.29 is 36.4 Å². The zero-order valence-electron chi connectivity index (χ0n) is 36.1. The lowest BCUT2D eigenvalue weighted by atomic mass is 9.64. The third kappa shape index (κ3) is 7.48. The summed E-state index contributed by atoms with van der Waals surface area (Å²) in [7, 11) is -4.09. The van der Waals surface area contributed by atoms with Gasteiger partial charge in [-0.1, -0.05) is 24.3 Å². The van der Waals surface area contributed by atoms with Crippen molar-refractivity contribution in [3.05, 3.63) is 107 Å². The van der Waals surface area contributed by atoms with E-state index in [9.17, 15) is 27.6 Å². The number of carbonyl (C=O) groups is 4. The lowest BCUT2D eigenvalue weighted by Crippen LogP contribution is -2.73. The molecule has 1 saturated carbocycles. The van der Waals surface area contributed by atoms with E-state index in [1.165, 1.54) is 16.1 Å². The summed E-state index contributed by atoms with van der Waals surface area (Å²) in [6.45, 7) is 5.90. The lowest BCUT2D eigenvalue weighted by Gasteiger charge is -2.61. The predicted octanol–water partition coefficient (Wildman–Crippen LogP) is 5.24. The van der Waals surface area contributed by atoms with Crippen molar-refractivity contribution >= 4 is 61.8 Å². The molecule has 6 aliphatic heterocycles. The number of halogens is 2. The molecule has 66 heavy (non-hydrogen) atoms. The second kappa shape index (κ2) is 16.0. The van der Waals surface area contributed by atoms with Crippen molar-refractivity contribution in [3.63, 3.8) is 0 Å². The minimum absolute atomic E-state index is 0.00488. The number of benzene rings is 3. The maximum Gasteiger partial charge on any atom is 0.301 e. The number of rotatable bonds is 12. The lowest BCUT2D eigenvalue weighted by molar-refractivity contribution is -0.149. The van der Waals surface area contributed by atoms with E-state index in [4.69, 9.17) is 0 Å². The van der Waals surface area contributed by atoms with E-state index < -0.39 is 44.4 Å². The first-order chi connectivity index (χ1) is 31.8. The highest BCUT2D eigenvalue weighted by Gasteiger charge is 2.58. The molecule has 0 radical (unpaired) electrons. The highest BCUT2D eigenvalue weighted by Crippen LogP contribution is 2.45. The summed E-state index contributed by atoms with van der Waals surface area (Å²) in [6, 6.07) is 19.8. The number of hydrogen-bond donors (Lipinski definition) is 4. The van der Waals surface area contributed by atoms with Gasteiger partial charge in [-0.25, -0.2) is 13.8 Å². The van der Waals surface area contributed by atoms with Crippen molar-refractivity contribution in [3.8, 4) is 11.1 Å². The molecule has 7 aliphatic rings. The molecule has 18 heteroatoms. The van der Waals surface area contributed by atoms with E-state index in [1.54, 1.807) is 12.3 Å². The molecule has 15 nitrogen and oxygen atoms in total. The number of nitrogens with zero attached hydrogens (tertiary/aromatic N) is 5. The molecule has 5 aromatic rings. The van der Waals surface area contributed by atoms with Gasteiger partial charge in [0, 0.05) is 90.9 Å². The zero-order chi connectivity index (χ0) is 45.5. The van der Waals surface area contributed by atoms with Crippen LogP contribution in [-0.2, 0) is 24.6 Å². The van der Waals surface area contributed by atoms with E-state index in [2.05, 4.69) is 47.3 Å². The molecule has 342 valence electrons. The first-order valence-electron chi connectivity index (χ1n) is 22.6.